The zero-order valence-electron chi connectivity index (χ0n) is 17.2. The lowest BCUT2D eigenvalue weighted by molar-refractivity contribution is -0.159. The van der Waals surface area contributed by atoms with Crippen LogP contribution in [0, 0.1) is 17.8 Å². The third kappa shape index (κ3) is 5.68. The molecule has 2 heterocycles. The highest BCUT2D eigenvalue weighted by Crippen LogP contribution is 2.46. The number of hydrogen-bond donors (Lipinski definition) is 2. The molecule has 5 heteroatoms. The maximum Gasteiger partial charge on any atom is 0.245 e. The molecule has 2 aliphatic heterocycles. The lowest BCUT2D eigenvalue weighted by Crippen LogP contribution is -2.26. The second-order valence-electron chi connectivity index (χ2n) is 8.82. The van der Waals surface area contributed by atoms with Crippen LogP contribution in [0.5, 0.6) is 0 Å². The summed E-state index contributed by atoms with van der Waals surface area (Å²) in [5.74, 6) is 1.10. The first kappa shape index (κ1) is 21.5. The van der Waals surface area contributed by atoms with Crippen LogP contribution < -0.4 is 0 Å². The SMILES string of the molecule is CN(O)C(=O)CCC/C=C\C[C@H]1[C@@H](/C=C/C(O)C2CCCCC2)[C@H]2CC[C@@H]1O2. The molecule has 1 unspecified atom stereocenters. The first-order chi connectivity index (χ1) is 13.6. The topological polar surface area (TPSA) is 70.0 Å². The van der Waals surface area contributed by atoms with Gasteiger partial charge in [0.1, 0.15) is 0 Å². The molecule has 0 spiro atoms. The first-order valence-electron chi connectivity index (χ1n) is 11.2. The molecule has 0 aromatic carbocycles. The van der Waals surface area contributed by atoms with Gasteiger partial charge in [0.15, 0.2) is 0 Å². The predicted octanol–water partition coefficient (Wildman–Crippen LogP) is 4.24. The molecule has 28 heavy (non-hydrogen) atoms. The van der Waals surface area contributed by atoms with E-state index in [1.54, 1.807) is 0 Å². The number of amides is 1. The van der Waals surface area contributed by atoms with Crippen molar-refractivity contribution < 1.29 is 19.8 Å². The summed E-state index contributed by atoms with van der Waals surface area (Å²) in [6.45, 7) is 0. The zero-order valence-corrected chi connectivity index (χ0v) is 17.2. The summed E-state index contributed by atoms with van der Waals surface area (Å²) >= 11 is 0. The fourth-order valence-corrected chi connectivity index (χ4v) is 5.17. The summed E-state index contributed by atoms with van der Waals surface area (Å²) < 4.78 is 6.17. The van der Waals surface area contributed by atoms with Crippen molar-refractivity contribution in [3.8, 4) is 0 Å². The molecule has 2 N–H and O–H groups in total. The molecule has 1 saturated carbocycles. The van der Waals surface area contributed by atoms with Gasteiger partial charge in [0.2, 0.25) is 5.91 Å². The zero-order chi connectivity index (χ0) is 19.9. The highest BCUT2D eigenvalue weighted by molar-refractivity contribution is 5.74. The molecule has 3 fully saturated rings. The molecule has 158 valence electrons. The number of nitrogens with zero attached hydrogens (tertiary/aromatic N) is 1. The van der Waals surface area contributed by atoms with E-state index in [2.05, 4.69) is 24.3 Å². The van der Waals surface area contributed by atoms with E-state index in [4.69, 9.17) is 9.94 Å². The Morgan fingerprint density at radius 1 is 1.14 bits per heavy atom. The Balaban J connectivity index is 1.45. The molecule has 5 nitrogen and oxygen atoms in total. The van der Waals surface area contributed by atoms with E-state index >= 15 is 0 Å². The molecule has 3 rings (SSSR count). The van der Waals surface area contributed by atoms with Crippen molar-refractivity contribution in [2.45, 2.75) is 88.9 Å². The molecule has 5 atom stereocenters. The molecule has 2 bridgehead atoms. The Labute approximate surface area is 169 Å². The number of aliphatic hydroxyl groups excluding tert-OH is 1. The Hall–Kier alpha value is -1.17. The van der Waals surface area contributed by atoms with Crippen LogP contribution in [0.1, 0.15) is 70.6 Å². The molecular formula is C23H37NO4. The van der Waals surface area contributed by atoms with Crippen molar-refractivity contribution in [2.24, 2.45) is 17.8 Å². The molecule has 0 aromatic heterocycles. The van der Waals surface area contributed by atoms with Gasteiger partial charge in [0.05, 0.1) is 18.3 Å². The monoisotopic (exact) mass is 391 g/mol. The Morgan fingerprint density at radius 2 is 1.89 bits per heavy atom. The number of hydrogen-bond acceptors (Lipinski definition) is 4. The minimum atomic E-state index is -0.308. The summed E-state index contributed by atoms with van der Waals surface area (Å²) in [4.78, 5) is 11.4. The molecule has 3 aliphatic rings. The van der Waals surface area contributed by atoms with Crippen LogP contribution in [-0.4, -0.2) is 46.6 Å². The maximum atomic E-state index is 11.4. The van der Waals surface area contributed by atoms with E-state index in [1.807, 2.05) is 0 Å². The van der Waals surface area contributed by atoms with Crippen molar-refractivity contribution in [1.82, 2.24) is 5.06 Å². The highest BCUT2D eigenvalue weighted by atomic mass is 16.5. The highest BCUT2D eigenvalue weighted by Gasteiger charge is 2.46. The van der Waals surface area contributed by atoms with Gasteiger partial charge in [-0.2, -0.15) is 0 Å². The van der Waals surface area contributed by atoms with Crippen LogP contribution in [-0.2, 0) is 9.53 Å². The van der Waals surface area contributed by atoms with Crippen LogP contribution >= 0.6 is 0 Å². The van der Waals surface area contributed by atoms with Crippen LogP contribution in [0.25, 0.3) is 0 Å². The number of allylic oxidation sites excluding steroid dienone is 2. The summed E-state index contributed by atoms with van der Waals surface area (Å²) in [6, 6.07) is 0. The molecule has 1 amide bonds. The minimum absolute atomic E-state index is 0.239. The molecule has 2 saturated heterocycles. The maximum absolute atomic E-state index is 11.4. The van der Waals surface area contributed by atoms with Gasteiger partial charge in [-0.15, -0.1) is 0 Å². The number of aliphatic hydroxyl groups is 1. The van der Waals surface area contributed by atoms with Crippen LogP contribution in [0.15, 0.2) is 24.3 Å². The van der Waals surface area contributed by atoms with Crippen molar-refractivity contribution in [3.63, 3.8) is 0 Å². The minimum Gasteiger partial charge on any atom is -0.389 e. The van der Waals surface area contributed by atoms with Gasteiger partial charge in [-0.05, 0) is 56.8 Å². The van der Waals surface area contributed by atoms with Crippen molar-refractivity contribution in [3.05, 3.63) is 24.3 Å². The van der Waals surface area contributed by atoms with Gasteiger partial charge in [-0.1, -0.05) is 43.6 Å². The predicted molar refractivity (Wildman–Crippen MR) is 109 cm³/mol. The van der Waals surface area contributed by atoms with Gasteiger partial charge < -0.3 is 9.84 Å². The van der Waals surface area contributed by atoms with E-state index in [-0.39, 0.29) is 12.0 Å². The van der Waals surface area contributed by atoms with E-state index in [9.17, 15) is 9.90 Å². The Bertz CT molecular complexity index is 553. The van der Waals surface area contributed by atoms with Crippen LogP contribution in [0.4, 0.5) is 0 Å². The number of carbonyl (C=O) groups excluding carboxylic acids is 1. The normalized spacial score (nSPS) is 31.8. The summed E-state index contributed by atoms with van der Waals surface area (Å²) in [6.07, 6.45) is 20.4. The molecular weight excluding hydrogens is 354 g/mol. The van der Waals surface area contributed by atoms with Crippen LogP contribution in [0.3, 0.4) is 0 Å². The molecule has 1 aliphatic carbocycles. The number of hydroxylamine groups is 2. The lowest BCUT2D eigenvalue weighted by atomic mass is 9.76. The Kier molecular flexibility index (Phi) is 8.12. The van der Waals surface area contributed by atoms with Gasteiger partial charge in [-0.3, -0.25) is 10.0 Å². The summed E-state index contributed by atoms with van der Waals surface area (Å²) in [5, 5.41) is 20.3. The van der Waals surface area contributed by atoms with Crippen molar-refractivity contribution >= 4 is 5.91 Å². The lowest BCUT2D eigenvalue weighted by Gasteiger charge is -2.27. The van der Waals surface area contributed by atoms with Crippen molar-refractivity contribution in [1.29, 1.82) is 0 Å². The number of ether oxygens (including phenoxy) is 1. The fourth-order valence-electron chi connectivity index (χ4n) is 5.17. The average Bonchev–Trinajstić information content (AvgIpc) is 3.31. The quantitative estimate of drug-likeness (QED) is 0.267. The van der Waals surface area contributed by atoms with E-state index in [1.165, 1.54) is 26.3 Å². The Morgan fingerprint density at radius 3 is 2.64 bits per heavy atom. The van der Waals surface area contributed by atoms with Gasteiger partial charge in [0.25, 0.3) is 0 Å². The second kappa shape index (κ2) is 10.6. The average molecular weight is 392 g/mol. The first-order valence-corrected chi connectivity index (χ1v) is 11.2. The molecule has 0 aromatic rings. The molecule has 0 radical (unpaired) electrons. The van der Waals surface area contributed by atoms with E-state index in [0.29, 0.717) is 41.4 Å². The third-order valence-electron chi connectivity index (χ3n) is 6.85. The third-order valence-corrected chi connectivity index (χ3v) is 6.85. The summed E-state index contributed by atoms with van der Waals surface area (Å²) in [5.41, 5.74) is 0. The summed E-state index contributed by atoms with van der Waals surface area (Å²) in [7, 11) is 1.37. The number of unbranched alkanes of at least 4 members (excludes halogenated alkanes) is 1. The van der Waals surface area contributed by atoms with Gasteiger partial charge in [-0.25, -0.2) is 5.06 Å². The number of rotatable bonds is 9. The largest absolute Gasteiger partial charge is 0.389 e. The van der Waals surface area contributed by atoms with Gasteiger partial charge in [0, 0.05) is 19.4 Å². The standard InChI is InChI=1S/C23H37NO4/c1-24(27)23(26)12-8-3-2-7-11-18-19(22-16-15-21(18)28-22)13-14-20(25)17-9-5-4-6-10-17/h2,7,13-14,17-22,25,27H,3-6,8-12,15-16H2,1H3/b7-2-,14-13+/t18-,19+,20?,21-,22+/m0/s1. The number of carbonyl (C=O) groups is 1. The second-order valence-corrected chi connectivity index (χ2v) is 8.82. The van der Waals surface area contributed by atoms with E-state index < -0.39 is 0 Å². The number of fused-ring (bicyclic) bond motifs is 2. The fraction of sp³-hybridized carbons (Fsp3) is 0.783. The van der Waals surface area contributed by atoms with Crippen LogP contribution in [0.2, 0.25) is 0 Å². The van der Waals surface area contributed by atoms with Crippen molar-refractivity contribution in [2.75, 3.05) is 7.05 Å². The van der Waals surface area contributed by atoms with E-state index in [0.717, 1.165) is 44.9 Å². The smallest absolute Gasteiger partial charge is 0.245 e. The van der Waals surface area contributed by atoms with Gasteiger partial charge >= 0.3 is 0 Å².